The molecule has 1 saturated heterocycles. The zero-order valence-corrected chi connectivity index (χ0v) is 21.2. The minimum atomic E-state index is 0.117. The van der Waals surface area contributed by atoms with E-state index in [0.717, 1.165) is 60.6 Å². The number of aryl methyl sites for hydroxylation is 1. The van der Waals surface area contributed by atoms with Crippen molar-refractivity contribution in [3.63, 3.8) is 0 Å². The van der Waals surface area contributed by atoms with Gasteiger partial charge in [-0.2, -0.15) is 5.26 Å². The van der Waals surface area contributed by atoms with Gasteiger partial charge in [0.15, 0.2) is 0 Å². The number of aromatic nitrogens is 2. The minimum absolute atomic E-state index is 0.117. The molecule has 1 N–H and O–H groups in total. The zero-order chi connectivity index (χ0) is 25.1. The number of hydrogen-bond acceptors (Lipinski definition) is 4. The molecule has 2 heterocycles. The van der Waals surface area contributed by atoms with E-state index in [1.807, 2.05) is 23.2 Å². The Labute approximate surface area is 213 Å². The summed E-state index contributed by atoms with van der Waals surface area (Å²) in [6.07, 6.45) is 8.18. The summed E-state index contributed by atoms with van der Waals surface area (Å²) in [4.78, 5) is 23.7. The van der Waals surface area contributed by atoms with Gasteiger partial charge >= 0.3 is 0 Å². The van der Waals surface area contributed by atoms with Crippen molar-refractivity contribution in [2.75, 3.05) is 26.8 Å². The molecule has 6 nitrogen and oxygen atoms in total. The number of hydrogen-bond donors (Lipinski definition) is 1. The van der Waals surface area contributed by atoms with E-state index in [1.54, 1.807) is 7.11 Å². The van der Waals surface area contributed by atoms with Gasteiger partial charge in [-0.3, -0.25) is 4.79 Å². The van der Waals surface area contributed by atoms with Gasteiger partial charge in [0.05, 0.1) is 30.1 Å². The average Bonchev–Trinajstić information content (AvgIpc) is 3.35. The number of rotatable bonds is 7. The number of H-pyrrole nitrogens is 1. The van der Waals surface area contributed by atoms with Crippen molar-refractivity contribution in [3.8, 4) is 17.3 Å². The van der Waals surface area contributed by atoms with Crippen molar-refractivity contribution in [2.45, 2.75) is 57.3 Å². The van der Waals surface area contributed by atoms with Crippen LogP contribution in [0.2, 0.25) is 0 Å². The van der Waals surface area contributed by atoms with Crippen molar-refractivity contribution in [2.24, 2.45) is 0 Å². The third-order valence-corrected chi connectivity index (χ3v) is 7.93. The first-order chi connectivity index (χ1) is 17.6. The van der Waals surface area contributed by atoms with Gasteiger partial charge in [0.2, 0.25) is 0 Å². The van der Waals surface area contributed by atoms with Crippen LogP contribution in [0.4, 0.5) is 0 Å². The number of piperidine rings is 1. The number of nitrogens with zero attached hydrogens (tertiary/aromatic N) is 3. The van der Waals surface area contributed by atoms with Gasteiger partial charge < -0.3 is 14.6 Å². The number of nitriles is 1. The molecule has 6 heteroatoms. The molecular formula is C30H34N4O2. The SMILES string of the molecule is COCCc1ncc(-c2cc(C(=O)N3CCC(c4ccc(C#N)cc4)CC3)c(C)cc2C2CCC2)[nH]1. The Kier molecular flexibility index (Phi) is 7.20. The molecule has 1 aliphatic carbocycles. The predicted octanol–water partition coefficient (Wildman–Crippen LogP) is 5.73. The first-order valence-corrected chi connectivity index (χ1v) is 13.0. The van der Waals surface area contributed by atoms with Crippen LogP contribution in [0, 0.1) is 18.3 Å². The van der Waals surface area contributed by atoms with E-state index in [-0.39, 0.29) is 5.91 Å². The summed E-state index contributed by atoms with van der Waals surface area (Å²) in [5.41, 5.74) is 7.21. The van der Waals surface area contributed by atoms with Gasteiger partial charge in [-0.15, -0.1) is 0 Å². The molecule has 186 valence electrons. The lowest BCUT2D eigenvalue weighted by Crippen LogP contribution is -2.38. The van der Waals surface area contributed by atoms with Gasteiger partial charge in [0.1, 0.15) is 5.82 Å². The van der Waals surface area contributed by atoms with Crippen molar-refractivity contribution in [3.05, 3.63) is 76.2 Å². The summed E-state index contributed by atoms with van der Waals surface area (Å²) >= 11 is 0. The average molecular weight is 483 g/mol. The molecule has 2 aromatic carbocycles. The lowest BCUT2D eigenvalue weighted by molar-refractivity contribution is 0.0712. The number of ether oxygens (including phenoxy) is 1. The van der Waals surface area contributed by atoms with Gasteiger partial charge in [0.25, 0.3) is 5.91 Å². The van der Waals surface area contributed by atoms with E-state index in [2.05, 4.69) is 47.2 Å². The number of likely N-dealkylation sites (tertiary alicyclic amines) is 1. The molecule has 1 amide bonds. The fourth-order valence-electron chi connectivity index (χ4n) is 5.49. The molecule has 0 unspecified atom stereocenters. The Bertz CT molecular complexity index is 1260. The number of methoxy groups -OCH3 is 1. The molecule has 36 heavy (non-hydrogen) atoms. The Hall–Kier alpha value is -3.43. The second-order valence-electron chi connectivity index (χ2n) is 10.2. The van der Waals surface area contributed by atoms with Crippen LogP contribution >= 0.6 is 0 Å². The lowest BCUT2D eigenvalue weighted by atomic mass is 9.76. The monoisotopic (exact) mass is 482 g/mol. The Balaban J connectivity index is 1.36. The second-order valence-corrected chi connectivity index (χ2v) is 10.2. The third kappa shape index (κ3) is 4.94. The Morgan fingerprint density at radius 2 is 1.89 bits per heavy atom. The molecule has 0 spiro atoms. The number of benzene rings is 2. The van der Waals surface area contributed by atoms with Crippen molar-refractivity contribution in [1.29, 1.82) is 5.26 Å². The van der Waals surface area contributed by atoms with Gasteiger partial charge in [-0.05, 0) is 79.3 Å². The van der Waals surface area contributed by atoms with E-state index in [9.17, 15) is 4.79 Å². The molecule has 0 bridgehead atoms. The molecule has 0 atom stereocenters. The van der Waals surface area contributed by atoms with Gasteiger partial charge in [-0.25, -0.2) is 4.98 Å². The lowest BCUT2D eigenvalue weighted by Gasteiger charge is -2.33. The molecule has 1 aliphatic heterocycles. The standard InChI is InChI=1S/C30H34N4O2/c1-20-16-26(24-4-3-5-24)27(28-19-32-29(33-28)12-15-36-2)17-25(20)30(35)34-13-10-23(11-14-34)22-8-6-21(18-31)7-9-22/h6-9,16-17,19,23-24H,3-5,10-15H2,1-2H3,(H,32,33). The highest BCUT2D eigenvalue weighted by Crippen LogP contribution is 2.42. The van der Waals surface area contributed by atoms with Gasteiger partial charge in [-0.1, -0.05) is 24.6 Å². The quantitative estimate of drug-likeness (QED) is 0.466. The summed E-state index contributed by atoms with van der Waals surface area (Å²) in [7, 11) is 1.70. The number of carbonyl (C=O) groups is 1. The first kappa shape index (κ1) is 24.3. The molecule has 0 radical (unpaired) electrons. The maximum Gasteiger partial charge on any atom is 0.254 e. The third-order valence-electron chi connectivity index (χ3n) is 7.93. The van der Waals surface area contributed by atoms with E-state index in [1.165, 1.54) is 30.4 Å². The van der Waals surface area contributed by atoms with Gasteiger partial charge in [0, 0.05) is 37.7 Å². The van der Waals surface area contributed by atoms with Crippen molar-refractivity contribution >= 4 is 5.91 Å². The molecule has 1 saturated carbocycles. The molecule has 1 aromatic heterocycles. The fraction of sp³-hybridized carbons (Fsp3) is 0.433. The number of amides is 1. The van der Waals surface area contributed by atoms with Crippen molar-refractivity contribution in [1.82, 2.24) is 14.9 Å². The largest absolute Gasteiger partial charge is 0.384 e. The summed E-state index contributed by atoms with van der Waals surface area (Å²) in [6.45, 7) is 4.18. The Morgan fingerprint density at radius 1 is 1.14 bits per heavy atom. The van der Waals surface area contributed by atoms with Crippen LogP contribution in [0.15, 0.2) is 42.6 Å². The number of imidazole rings is 1. The molecule has 3 aromatic rings. The van der Waals surface area contributed by atoms with Crippen LogP contribution in [0.5, 0.6) is 0 Å². The maximum absolute atomic E-state index is 13.7. The summed E-state index contributed by atoms with van der Waals surface area (Å²) in [5, 5.41) is 9.05. The smallest absolute Gasteiger partial charge is 0.254 e. The second kappa shape index (κ2) is 10.7. The van der Waals surface area contributed by atoms with E-state index in [4.69, 9.17) is 10.00 Å². The summed E-state index contributed by atoms with van der Waals surface area (Å²) in [6, 6.07) is 14.4. The minimum Gasteiger partial charge on any atom is -0.384 e. The summed E-state index contributed by atoms with van der Waals surface area (Å²) in [5.74, 6) is 2.00. The van der Waals surface area contributed by atoms with Crippen LogP contribution in [-0.4, -0.2) is 47.6 Å². The van der Waals surface area contributed by atoms with Crippen LogP contribution in [0.1, 0.15) is 82.4 Å². The molecular weight excluding hydrogens is 448 g/mol. The van der Waals surface area contributed by atoms with Crippen LogP contribution in [-0.2, 0) is 11.2 Å². The zero-order valence-electron chi connectivity index (χ0n) is 21.2. The number of nitrogens with one attached hydrogen (secondary N) is 1. The fourth-order valence-corrected chi connectivity index (χ4v) is 5.49. The van der Waals surface area contributed by atoms with Crippen molar-refractivity contribution < 1.29 is 9.53 Å². The normalized spacial score (nSPS) is 16.5. The van der Waals surface area contributed by atoms with E-state index >= 15 is 0 Å². The van der Waals surface area contributed by atoms with Crippen LogP contribution < -0.4 is 0 Å². The Morgan fingerprint density at radius 3 is 2.53 bits per heavy atom. The van der Waals surface area contributed by atoms with Crippen LogP contribution in [0.3, 0.4) is 0 Å². The van der Waals surface area contributed by atoms with E-state index in [0.29, 0.717) is 24.0 Å². The molecule has 2 fully saturated rings. The first-order valence-electron chi connectivity index (χ1n) is 13.0. The highest BCUT2D eigenvalue weighted by Gasteiger charge is 2.29. The predicted molar refractivity (Wildman–Crippen MR) is 140 cm³/mol. The molecule has 2 aliphatic rings. The molecule has 5 rings (SSSR count). The van der Waals surface area contributed by atoms with E-state index < -0.39 is 0 Å². The topological polar surface area (TPSA) is 82.0 Å². The number of aromatic amines is 1. The number of carbonyl (C=O) groups excluding carboxylic acids is 1. The van der Waals surface area contributed by atoms with Crippen LogP contribution in [0.25, 0.3) is 11.3 Å². The maximum atomic E-state index is 13.7. The summed E-state index contributed by atoms with van der Waals surface area (Å²) < 4.78 is 5.21. The highest BCUT2D eigenvalue weighted by atomic mass is 16.5. The highest BCUT2D eigenvalue weighted by molar-refractivity contribution is 5.97.